The van der Waals surface area contributed by atoms with Crippen LogP contribution in [0.3, 0.4) is 0 Å². The first-order chi connectivity index (χ1) is 36.7. The number of carbonyl (C=O) groups is 9. The highest BCUT2D eigenvalue weighted by Gasteiger charge is 2.34. The summed E-state index contributed by atoms with van der Waals surface area (Å²) in [4.78, 5) is 118. The van der Waals surface area contributed by atoms with E-state index in [1.165, 1.54) is 24.3 Å². The quantitative estimate of drug-likeness (QED) is 0.0172. The van der Waals surface area contributed by atoms with Gasteiger partial charge in [0.2, 0.25) is 41.4 Å². The van der Waals surface area contributed by atoms with Crippen LogP contribution in [0.5, 0.6) is 5.75 Å². The van der Waals surface area contributed by atoms with E-state index in [0.29, 0.717) is 31.4 Å². The van der Waals surface area contributed by atoms with Crippen LogP contribution in [0.1, 0.15) is 116 Å². The number of hydrogen-bond donors (Lipinski definition) is 8. The van der Waals surface area contributed by atoms with E-state index in [2.05, 4.69) is 84.1 Å². The second-order valence-electron chi connectivity index (χ2n) is 17.0. The molecule has 1 aromatic carbocycles. The second-order valence-corrected chi connectivity index (χ2v) is 17.0. The molecule has 1 aliphatic rings. The Hall–Kier alpha value is -9.09. The van der Waals surface area contributed by atoms with Crippen molar-refractivity contribution < 1.29 is 57.5 Å². The second kappa shape index (κ2) is 40.3. The van der Waals surface area contributed by atoms with E-state index in [1.54, 1.807) is 0 Å². The first-order valence-corrected chi connectivity index (χ1v) is 24.3. The van der Waals surface area contributed by atoms with Gasteiger partial charge in [0.05, 0.1) is 44.2 Å². The van der Waals surface area contributed by atoms with Gasteiger partial charge in [-0.3, -0.25) is 53.3 Å². The Morgan fingerprint density at radius 2 is 0.922 bits per heavy atom. The Balaban J connectivity index is 0.00000142. The molecule has 7 amide bonds. The maximum absolute atomic E-state index is 13.0. The molecule has 22 heteroatoms. The first-order valence-electron chi connectivity index (χ1n) is 24.3. The summed E-state index contributed by atoms with van der Waals surface area (Å²) in [6.45, 7) is 3.97. The molecular weight excluding hydrogens is 995 g/mol. The van der Waals surface area contributed by atoms with Gasteiger partial charge >= 0.3 is 11.9 Å². The number of cyclic esters (lactones) is 1. The summed E-state index contributed by atoms with van der Waals surface area (Å²) >= 11 is 0. The number of hydrogen-bond acceptors (Lipinski definition) is 14. The smallest absolute Gasteiger partial charge is 0.311 e. The Bertz CT molecular complexity index is 2270. The van der Waals surface area contributed by atoms with Crippen molar-refractivity contribution in [1.82, 2.24) is 37.2 Å². The highest BCUT2D eigenvalue weighted by atomic mass is 16.6. The van der Waals surface area contributed by atoms with E-state index in [4.69, 9.17) is 49.0 Å². The summed E-state index contributed by atoms with van der Waals surface area (Å²) in [5, 5.41) is 29.0. The van der Waals surface area contributed by atoms with Crippen LogP contribution in [0.15, 0.2) is 36.6 Å². The molecule has 1 aromatic rings. The molecule has 0 atom stereocenters. The molecule has 2 rings (SSSR count). The van der Waals surface area contributed by atoms with Crippen molar-refractivity contribution in [2.75, 3.05) is 39.3 Å². The Kier molecular flexibility index (Phi) is 35.6. The van der Waals surface area contributed by atoms with E-state index in [-0.39, 0.29) is 169 Å². The minimum Gasteiger partial charge on any atom is -0.432 e. The molecule has 412 valence electrons. The SMILES string of the molecule is C#CCNC(=O)CCC(CCC(=O)NCC#C)(CCC(=O)NCC#C)NC(=O)CCCC(=O)Oc1ccc([N+](=O)[O-])cc1.C#CCNC(=O)CCC(N)(CCC(=O)NCC#C)CCC(=O)NCC#C.C=C1CCCC(=O)O1. The zero-order valence-electron chi connectivity index (χ0n) is 43.3. The van der Waals surface area contributed by atoms with Crippen LogP contribution in [0, 0.1) is 84.2 Å². The molecule has 0 bridgehead atoms. The Morgan fingerprint density at radius 3 is 1.22 bits per heavy atom. The van der Waals surface area contributed by atoms with Crippen LogP contribution in [-0.4, -0.2) is 109 Å². The number of carbonyl (C=O) groups excluding carboxylic acids is 9. The average Bonchev–Trinajstić information content (AvgIpc) is 3.40. The number of allylic oxidation sites excluding steroid dienone is 1. The number of non-ortho nitro benzene ring substituents is 1. The van der Waals surface area contributed by atoms with Gasteiger partial charge in [-0.15, -0.1) is 38.5 Å². The Morgan fingerprint density at radius 1 is 0.571 bits per heavy atom. The molecule has 9 N–H and O–H groups in total. The summed E-state index contributed by atoms with van der Waals surface area (Å²) in [6.07, 6.45) is 34.5. The molecule has 0 saturated carbocycles. The fraction of sp³-hybridized carbons (Fsp3) is 0.473. The maximum Gasteiger partial charge on any atom is 0.311 e. The molecule has 22 nitrogen and oxygen atoms in total. The Labute approximate surface area is 450 Å². The van der Waals surface area contributed by atoms with Crippen molar-refractivity contribution in [3.05, 3.63) is 46.7 Å². The lowest BCUT2D eigenvalue weighted by Gasteiger charge is -2.35. The van der Waals surface area contributed by atoms with Gasteiger partial charge in [-0.25, -0.2) is 0 Å². The molecule has 1 saturated heterocycles. The van der Waals surface area contributed by atoms with E-state index in [1.807, 2.05) is 0 Å². The zero-order chi connectivity index (χ0) is 57.9. The topological polar surface area (TPSA) is 325 Å². The normalized spacial score (nSPS) is 11.2. The summed E-state index contributed by atoms with van der Waals surface area (Å²) in [6, 6.07) is 4.97. The average molecular weight is 1060 g/mol. The van der Waals surface area contributed by atoms with Gasteiger partial charge in [-0.05, 0) is 63.5 Å². The number of ether oxygens (including phenoxy) is 2. The van der Waals surface area contributed by atoms with Crippen LogP contribution < -0.4 is 47.7 Å². The van der Waals surface area contributed by atoms with Crippen molar-refractivity contribution in [2.24, 2.45) is 5.73 Å². The van der Waals surface area contributed by atoms with Crippen molar-refractivity contribution in [2.45, 2.75) is 127 Å². The minimum atomic E-state index is -1.15. The van der Waals surface area contributed by atoms with Gasteiger partial charge in [0.15, 0.2) is 0 Å². The number of rotatable bonds is 31. The predicted molar refractivity (Wildman–Crippen MR) is 286 cm³/mol. The molecule has 1 heterocycles. The molecule has 77 heavy (non-hydrogen) atoms. The lowest BCUT2D eigenvalue weighted by molar-refractivity contribution is -0.384. The number of amides is 7. The van der Waals surface area contributed by atoms with Crippen molar-refractivity contribution in [1.29, 1.82) is 0 Å². The number of terminal acetylenes is 6. The molecular formula is C55H69N9O13. The molecule has 1 aliphatic heterocycles. The van der Waals surface area contributed by atoms with Gasteiger partial charge in [0.25, 0.3) is 5.69 Å². The molecule has 0 radical (unpaired) electrons. The number of nitro benzene ring substituents is 1. The highest BCUT2D eigenvalue weighted by molar-refractivity contribution is 5.81. The van der Waals surface area contributed by atoms with Gasteiger partial charge in [0, 0.05) is 87.4 Å². The van der Waals surface area contributed by atoms with Crippen molar-refractivity contribution in [3.63, 3.8) is 0 Å². The predicted octanol–water partition coefficient (Wildman–Crippen LogP) is 1.61. The molecule has 0 aromatic heterocycles. The summed E-state index contributed by atoms with van der Waals surface area (Å²) in [7, 11) is 0. The molecule has 0 spiro atoms. The lowest BCUT2D eigenvalue weighted by atomic mass is 9.83. The molecule has 0 aliphatic carbocycles. The lowest BCUT2D eigenvalue weighted by Crippen LogP contribution is -2.50. The number of benzene rings is 1. The third kappa shape index (κ3) is 34.9. The summed E-state index contributed by atoms with van der Waals surface area (Å²) < 4.78 is 9.81. The van der Waals surface area contributed by atoms with E-state index < -0.39 is 27.9 Å². The minimum absolute atomic E-state index is 0.0111. The highest BCUT2D eigenvalue weighted by Crippen LogP contribution is 2.27. The van der Waals surface area contributed by atoms with E-state index >= 15 is 0 Å². The third-order valence-corrected chi connectivity index (χ3v) is 10.9. The maximum atomic E-state index is 13.0. The number of nitro groups is 1. The standard InChI is InChI=1S/C30H35N5O8.C19H26N4O3.C6H8O2/c1-4-20-31-25(36)14-17-30(18-15-26(37)32-21-5-2,19-16-27(38)33-22-6-3)34-28(39)8-7-9-29(40)43-24-12-10-23(11-13-24)35(41)42;1-4-13-21-16(24)7-10-19(20,11-8-17(25)22-14-5-2)12-9-18(26)23-15-6-3;1-5-3-2-4-6(7)8-5/h1-3,10-13H,7-9,14-22H2,(H,31,36)(H,32,37)(H,33,38)(H,34,39);1-3H,7-15,20H2,(H,21,24)(H,22,25)(H,23,26);1-4H2. The fourth-order valence-electron chi connectivity index (χ4n) is 6.77. The van der Waals surface area contributed by atoms with Gasteiger partial charge in [-0.1, -0.05) is 42.1 Å². The largest absolute Gasteiger partial charge is 0.432 e. The number of nitrogens with two attached hydrogens (primary N) is 1. The van der Waals surface area contributed by atoms with Gasteiger partial charge in [0.1, 0.15) is 11.5 Å². The van der Waals surface area contributed by atoms with Gasteiger partial charge < -0.3 is 52.4 Å². The van der Waals surface area contributed by atoms with Crippen LogP contribution in [-0.2, 0) is 47.9 Å². The van der Waals surface area contributed by atoms with Crippen LogP contribution in [0.4, 0.5) is 5.69 Å². The van der Waals surface area contributed by atoms with Crippen LogP contribution >= 0.6 is 0 Å². The number of nitrogens with one attached hydrogen (secondary N) is 7. The van der Waals surface area contributed by atoms with Crippen LogP contribution in [0.25, 0.3) is 0 Å². The van der Waals surface area contributed by atoms with Gasteiger partial charge in [-0.2, -0.15) is 0 Å². The van der Waals surface area contributed by atoms with E-state index in [9.17, 15) is 53.3 Å². The number of esters is 2. The van der Waals surface area contributed by atoms with Crippen molar-refractivity contribution >= 4 is 59.0 Å². The molecule has 1 fully saturated rings. The van der Waals surface area contributed by atoms with E-state index in [0.717, 1.165) is 12.8 Å². The summed E-state index contributed by atoms with van der Waals surface area (Å²) in [5.74, 6) is 11.5. The third-order valence-electron chi connectivity index (χ3n) is 10.9. The summed E-state index contributed by atoms with van der Waals surface area (Å²) in [5.41, 5.74) is 4.21. The molecule has 0 unspecified atom stereocenters. The zero-order valence-corrected chi connectivity index (χ0v) is 43.3. The number of nitrogens with zero attached hydrogens (tertiary/aromatic N) is 1. The fourth-order valence-corrected chi connectivity index (χ4v) is 6.77. The van der Waals surface area contributed by atoms with Crippen LogP contribution in [0.2, 0.25) is 0 Å². The monoisotopic (exact) mass is 1060 g/mol. The first kappa shape index (κ1) is 67.9. The van der Waals surface area contributed by atoms with Crippen molar-refractivity contribution in [3.8, 4) is 79.8 Å².